The SMILES string of the molecule is Cc1cccc2c1N(C)C(C)C(C)N2C. The summed E-state index contributed by atoms with van der Waals surface area (Å²) in [4.78, 5) is 4.78. The molecular weight excluding hydrogens is 184 g/mol. The summed E-state index contributed by atoms with van der Waals surface area (Å²) in [5.41, 5.74) is 4.09. The molecule has 0 amide bonds. The highest BCUT2D eigenvalue weighted by Crippen LogP contribution is 2.38. The highest BCUT2D eigenvalue weighted by atomic mass is 15.3. The second kappa shape index (κ2) is 3.44. The fourth-order valence-electron chi connectivity index (χ4n) is 2.46. The first kappa shape index (κ1) is 10.3. The van der Waals surface area contributed by atoms with E-state index >= 15 is 0 Å². The number of likely N-dealkylation sites (N-methyl/N-ethyl adjacent to an activating group) is 2. The summed E-state index contributed by atoms with van der Waals surface area (Å²) >= 11 is 0. The summed E-state index contributed by atoms with van der Waals surface area (Å²) in [6.07, 6.45) is 0. The lowest BCUT2D eigenvalue weighted by Crippen LogP contribution is -2.51. The zero-order valence-electron chi connectivity index (χ0n) is 10.3. The van der Waals surface area contributed by atoms with Crippen molar-refractivity contribution in [3.63, 3.8) is 0 Å². The van der Waals surface area contributed by atoms with Crippen molar-refractivity contribution in [1.82, 2.24) is 0 Å². The third-order valence-electron chi connectivity index (χ3n) is 3.87. The maximum absolute atomic E-state index is 2.40. The number of hydrogen-bond acceptors (Lipinski definition) is 2. The molecule has 1 aromatic rings. The molecule has 1 aliphatic rings. The van der Waals surface area contributed by atoms with E-state index in [1.54, 1.807) is 0 Å². The topological polar surface area (TPSA) is 6.48 Å². The first-order chi connectivity index (χ1) is 7.04. The summed E-state index contributed by atoms with van der Waals surface area (Å²) in [5, 5.41) is 0. The predicted molar refractivity (Wildman–Crippen MR) is 66.9 cm³/mol. The fraction of sp³-hybridized carbons (Fsp3) is 0.538. The Balaban J connectivity index is 2.59. The van der Waals surface area contributed by atoms with Crippen LogP contribution in [-0.4, -0.2) is 26.2 Å². The minimum absolute atomic E-state index is 0.559. The second-order valence-corrected chi connectivity index (χ2v) is 4.65. The number of para-hydroxylation sites is 1. The lowest BCUT2D eigenvalue weighted by atomic mass is 10.00. The Kier molecular flexibility index (Phi) is 2.37. The number of nitrogens with zero attached hydrogens (tertiary/aromatic N) is 2. The highest BCUT2D eigenvalue weighted by molar-refractivity contribution is 5.77. The molecule has 0 bridgehead atoms. The Morgan fingerprint density at radius 2 is 1.60 bits per heavy atom. The standard InChI is InChI=1S/C13H20N2/c1-9-7-6-8-12-13(9)15(5)11(3)10(2)14(12)4/h6-8,10-11H,1-5H3. The molecule has 0 saturated carbocycles. The van der Waals surface area contributed by atoms with Crippen LogP contribution in [-0.2, 0) is 0 Å². The zero-order chi connectivity index (χ0) is 11.2. The van der Waals surface area contributed by atoms with Gasteiger partial charge in [0.05, 0.1) is 11.4 Å². The van der Waals surface area contributed by atoms with Crippen molar-refractivity contribution in [1.29, 1.82) is 0 Å². The van der Waals surface area contributed by atoms with Gasteiger partial charge in [0.25, 0.3) is 0 Å². The average Bonchev–Trinajstić information content (AvgIpc) is 2.23. The third-order valence-corrected chi connectivity index (χ3v) is 3.87. The van der Waals surface area contributed by atoms with Crippen LogP contribution in [0.1, 0.15) is 19.4 Å². The predicted octanol–water partition coefficient (Wildman–Crippen LogP) is 2.66. The average molecular weight is 204 g/mol. The van der Waals surface area contributed by atoms with Crippen LogP contribution in [0.3, 0.4) is 0 Å². The molecule has 0 spiro atoms. The van der Waals surface area contributed by atoms with Crippen molar-refractivity contribution < 1.29 is 0 Å². The Morgan fingerprint density at radius 3 is 2.27 bits per heavy atom. The number of fused-ring (bicyclic) bond motifs is 1. The number of benzene rings is 1. The molecule has 2 rings (SSSR count). The van der Waals surface area contributed by atoms with E-state index in [9.17, 15) is 0 Å². The molecule has 0 saturated heterocycles. The molecule has 0 aliphatic carbocycles. The Hall–Kier alpha value is -1.18. The first-order valence-electron chi connectivity index (χ1n) is 5.59. The number of anilines is 2. The Morgan fingerprint density at radius 1 is 1.00 bits per heavy atom. The van der Waals surface area contributed by atoms with Crippen LogP contribution >= 0.6 is 0 Å². The van der Waals surface area contributed by atoms with Gasteiger partial charge in [0.2, 0.25) is 0 Å². The van der Waals surface area contributed by atoms with E-state index < -0.39 is 0 Å². The summed E-state index contributed by atoms with van der Waals surface area (Å²) in [5.74, 6) is 0. The van der Waals surface area contributed by atoms with E-state index in [0.717, 1.165) is 0 Å². The van der Waals surface area contributed by atoms with Gasteiger partial charge in [-0.05, 0) is 32.4 Å². The van der Waals surface area contributed by atoms with Crippen molar-refractivity contribution in [2.45, 2.75) is 32.9 Å². The smallest absolute Gasteiger partial charge is 0.0634 e. The lowest BCUT2D eigenvalue weighted by molar-refractivity contribution is 0.528. The Labute approximate surface area is 92.5 Å². The Bertz CT molecular complexity index is 373. The van der Waals surface area contributed by atoms with Crippen LogP contribution in [0, 0.1) is 6.92 Å². The third kappa shape index (κ3) is 1.39. The van der Waals surface area contributed by atoms with E-state index in [1.807, 2.05) is 0 Å². The largest absolute Gasteiger partial charge is 0.368 e. The van der Waals surface area contributed by atoms with Crippen molar-refractivity contribution in [3.8, 4) is 0 Å². The molecule has 15 heavy (non-hydrogen) atoms. The van der Waals surface area contributed by atoms with E-state index in [4.69, 9.17) is 0 Å². The van der Waals surface area contributed by atoms with Gasteiger partial charge in [-0.3, -0.25) is 0 Å². The molecule has 1 heterocycles. The first-order valence-corrected chi connectivity index (χ1v) is 5.59. The second-order valence-electron chi connectivity index (χ2n) is 4.65. The van der Waals surface area contributed by atoms with Crippen molar-refractivity contribution in [2.75, 3.05) is 23.9 Å². The monoisotopic (exact) mass is 204 g/mol. The van der Waals surface area contributed by atoms with E-state index in [2.05, 4.69) is 62.9 Å². The van der Waals surface area contributed by atoms with Gasteiger partial charge in [-0.15, -0.1) is 0 Å². The van der Waals surface area contributed by atoms with Crippen LogP contribution in [0.15, 0.2) is 18.2 Å². The van der Waals surface area contributed by atoms with Crippen LogP contribution < -0.4 is 9.80 Å². The zero-order valence-corrected chi connectivity index (χ0v) is 10.3. The molecule has 2 atom stereocenters. The molecule has 0 N–H and O–H groups in total. The van der Waals surface area contributed by atoms with Gasteiger partial charge in [0.1, 0.15) is 0 Å². The molecule has 0 radical (unpaired) electrons. The van der Waals surface area contributed by atoms with Gasteiger partial charge in [0.15, 0.2) is 0 Å². The number of rotatable bonds is 0. The van der Waals surface area contributed by atoms with Gasteiger partial charge in [0, 0.05) is 26.2 Å². The molecule has 2 nitrogen and oxygen atoms in total. The maximum Gasteiger partial charge on any atom is 0.0634 e. The maximum atomic E-state index is 2.40. The van der Waals surface area contributed by atoms with Crippen LogP contribution in [0.25, 0.3) is 0 Å². The van der Waals surface area contributed by atoms with Gasteiger partial charge in [-0.25, -0.2) is 0 Å². The minimum Gasteiger partial charge on any atom is -0.368 e. The molecule has 0 fully saturated rings. The van der Waals surface area contributed by atoms with Crippen LogP contribution in [0.4, 0.5) is 11.4 Å². The van der Waals surface area contributed by atoms with E-state index in [1.165, 1.54) is 16.9 Å². The summed E-state index contributed by atoms with van der Waals surface area (Å²) < 4.78 is 0. The summed E-state index contributed by atoms with van der Waals surface area (Å²) in [6, 6.07) is 7.65. The van der Waals surface area contributed by atoms with Gasteiger partial charge in [-0.2, -0.15) is 0 Å². The summed E-state index contributed by atoms with van der Waals surface area (Å²) in [6.45, 7) is 6.76. The van der Waals surface area contributed by atoms with Gasteiger partial charge < -0.3 is 9.80 Å². The van der Waals surface area contributed by atoms with Gasteiger partial charge in [-0.1, -0.05) is 12.1 Å². The molecular formula is C13H20N2. The summed E-state index contributed by atoms with van der Waals surface area (Å²) in [7, 11) is 4.38. The van der Waals surface area contributed by atoms with Crippen molar-refractivity contribution in [2.24, 2.45) is 0 Å². The molecule has 2 unspecified atom stereocenters. The molecule has 0 aromatic heterocycles. The molecule has 1 aromatic carbocycles. The highest BCUT2D eigenvalue weighted by Gasteiger charge is 2.30. The van der Waals surface area contributed by atoms with E-state index in [-0.39, 0.29) is 0 Å². The fourth-order valence-corrected chi connectivity index (χ4v) is 2.46. The van der Waals surface area contributed by atoms with Crippen LogP contribution in [0.5, 0.6) is 0 Å². The van der Waals surface area contributed by atoms with Gasteiger partial charge >= 0.3 is 0 Å². The molecule has 82 valence electrons. The minimum atomic E-state index is 0.559. The quantitative estimate of drug-likeness (QED) is 0.641. The molecule has 2 heteroatoms. The van der Waals surface area contributed by atoms with Crippen molar-refractivity contribution in [3.05, 3.63) is 23.8 Å². The van der Waals surface area contributed by atoms with Crippen LogP contribution in [0.2, 0.25) is 0 Å². The van der Waals surface area contributed by atoms with Crippen molar-refractivity contribution >= 4 is 11.4 Å². The normalized spacial score (nSPS) is 25.4. The lowest BCUT2D eigenvalue weighted by Gasteiger charge is -2.45. The number of aryl methyl sites for hydroxylation is 1. The van der Waals surface area contributed by atoms with E-state index in [0.29, 0.717) is 12.1 Å². The number of hydrogen-bond donors (Lipinski definition) is 0. The molecule has 1 aliphatic heterocycles.